The number of ether oxygens (including phenoxy) is 1. The first-order chi connectivity index (χ1) is 12.2. The summed E-state index contributed by atoms with van der Waals surface area (Å²) in [6.07, 6.45) is 0. The van der Waals surface area contributed by atoms with E-state index in [2.05, 4.69) is 10.3 Å². The minimum atomic E-state index is -1.09. The minimum Gasteiger partial charge on any atom is -0.478 e. The van der Waals surface area contributed by atoms with Crippen molar-refractivity contribution in [3.05, 3.63) is 69.5 Å². The summed E-state index contributed by atoms with van der Waals surface area (Å²) in [4.78, 5) is 27.1. The molecule has 5 nitrogen and oxygen atoms in total. The molecule has 26 heavy (non-hydrogen) atoms. The number of nitrogens with one attached hydrogen (secondary N) is 2. The molecule has 0 atom stereocenters. The molecule has 0 spiro atoms. The number of hydrogen-bond acceptors (Lipinski definition) is 3. The predicted molar refractivity (Wildman–Crippen MR) is 104 cm³/mol. The summed E-state index contributed by atoms with van der Waals surface area (Å²) in [5, 5.41) is 4.36. The van der Waals surface area contributed by atoms with E-state index in [4.69, 9.17) is 16.3 Å². The third-order valence-electron chi connectivity index (χ3n) is 4.04. The number of aryl methyl sites for hydroxylation is 1. The van der Waals surface area contributed by atoms with Crippen molar-refractivity contribution in [2.24, 2.45) is 0 Å². The van der Waals surface area contributed by atoms with Gasteiger partial charge in [0.1, 0.15) is 5.75 Å². The molecule has 0 radical (unpaired) electrons. The van der Waals surface area contributed by atoms with Crippen molar-refractivity contribution in [3.63, 3.8) is 0 Å². The lowest BCUT2D eigenvalue weighted by Gasteiger charge is -2.25. The first kappa shape index (κ1) is 18.0. The van der Waals surface area contributed by atoms with Crippen molar-refractivity contribution < 1.29 is 9.53 Å². The van der Waals surface area contributed by atoms with Gasteiger partial charge < -0.3 is 15.0 Å². The Balaban J connectivity index is 1.80. The Morgan fingerprint density at radius 3 is 2.50 bits per heavy atom. The van der Waals surface area contributed by atoms with Crippen LogP contribution in [0.1, 0.15) is 19.4 Å². The number of amides is 1. The molecule has 1 amide bonds. The Morgan fingerprint density at radius 2 is 1.81 bits per heavy atom. The van der Waals surface area contributed by atoms with Crippen molar-refractivity contribution in [2.75, 3.05) is 5.32 Å². The molecule has 2 N–H and O–H groups in total. The molecule has 0 unspecified atom stereocenters. The summed E-state index contributed by atoms with van der Waals surface area (Å²) in [5.74, 6) is 0.245. The van der Waals surface area contributed by atoms with Crippen LogP contribution in [-0.4, -0.2) is 16.5 Å². The highest BCUT2D eigenvalue weighted by molar-refractivity contribution is 6.30. The average molecular weight is 371 g/mol. The van der Waals surface area contributed by atoms with Gasteiger partial charge in [-0.1, -0.05) is 17.7 Å². The number of H-pyrrole nitrogens is 1. The average Bonchev–Trinajstić information content (AvgIpc) is 2.56. The Morgan fingerprint density at radius 1 is 1.12 bits per heavy atom. The zero-order valence-corrected chi connectivity index (χ0v) is 15.5. The second kappa shape index (κ2) is 6.84. The van der Waals surface area contributed by atoms with Crippen LogP contribution in [0.2, 0.25) is 5.02 Å². The SMILES string of the molecule is Cc1cc(=O)[nH]c2cc(NC(=O)C(C)(C)Oc3ccc(Cl)cc3)ccc12. The Labute approximate surface area is 156 Å². The number of aromatic nitrogens is 1. The summed E-state index contributed by atoms with van der Waals surface area (Å²) in [7, 11) is 0. The molecular formula is C20H19ClN2O3. The second-order valence-corrected chi connectivity index (χ2v) is 7.03. The van der Waals surface area contributed by atoms with Gasteiger partial charge >= 0.3 is 0 Å². The van der Waals surface area contributed by atoms with E-state index in [0.29, 0.717) is 22.0 Å². The van der Waals surface area contributed by atoms with Crippen LogP contribution in [-0.2, 0) is 4.79 Å². The van der Waals surface area contributed by atoms with E-state index in [1.165, 1.54) is 0 Å². The number of carbonyl (C=O) groups excluding carboxylic acids is 1. The molecule has 0 bridgehead atoms. The molecule has 3 rings (SSSR count). The van der Waals surface area contributed by atoms with Crippen LogP contribution in [0.5, 0.6) is 5.75 Å². The Hall–Kier alpha value is -2.79. The number of hydrogen-bond donors (Lipinski definition) is 2. The monoisotopic (exact) mass is 370 g/mol. The van der Waals surface area contributed by atoms with Gasteiger partial charge in [0.15, 0.2) is 5.60 Å². The number of fused-ring (bicyclic) bond motifs is 1. The number of benzene rings is 2. The molecule has 134 valence electrons. The van der Waals surface area contributed by atoms with E-state index >= 15 is 0 Å². The van der Waals surface area contributed by atoms with Crippen LogP contribution in [0.25, 0.3) is 10.9 Å². The van der Waals surface area contributed by atoms with Crippen LogP contribution >= 0.6 is 11.6 Å². The summed E-state index contributed by atoms with van der Waals surface area (Å²) in [6.45, 7) is 5.24. The number of anilines is 1. The summed E-state index contributed by atoms with van der Waals surface area (Å²) in [6, 6.07) is 13.8. The highest BCUT2D eigenvalue weighted by Gasteiger charge is 2.30. The highest BCUT2D eigenvalue weighted by atomic mass is 35.5. The van der Waals surface area contributed by atoms with Crippen LogP contribution in [0, 0.1) is 6.92 Å². The van der Waals surface area contributed by atoms with Gasteiger partial charge in [0, 0.05) is 22.2 Å². The van der Waals surface area contributed by atoms with Gasteiger partial charge in [-0.2, -0.15) is 0 Å². The lowest BCUT2D eigenvalue weighted by atomic mass is 10.1. The fourth-order valence-electron chi connectivity index (χ4n) is 2.64. The Bertz CT molecular complexity index is 1020. The zero-order valence-electron chi connectivity index (χ0n) is 14.7. The van der Waals surface area contributed by atoms with Crippen molar-refractivity contribution in [2.45, 2.75) is 26.4 Å². The van der Waals surface area contributed by atoms with Crippen molar-refractivity contribution in [1.82, 2.24) is 4.98 Å². The van der Waals surface area contributed by atoms with Gasteiger partial charge in [-0.25, -0.2) is 0 Å². The maximum absolute atomic E-state index is 12.6. The molecule has 1 aromatic heterocycles. The summed E-state index contributed by atoms with van der Waals surface area (Å²) in [5.41, 5.74) is 0.863. The smallest absolute Gasteiger partial charge is 0.267 e. The van der Waals surface area contributed by atoms with E-state index < -0.39 is 5.60 Å². The van der Waals surface area contributed by atoms with Crippen molar-refractivity contribution >= 4 is 34.1 Å². The fourth-order valence-corrected chi connectivity index (χ4v) is 2.76. The molecule has 2 aromatic carbocycles. The van der Waals surface area contributed by atoms with Crippen LogP contribution in [0.4, 0.5) is 5.69 Å². The minimum absolute atomic E-state index is 0.176. The summed E-state index contributed by atoms with van der Waals surface area (Å²) < 4.78 is 5.79. The van der Waals surface area contributed by atoms with Crippen LogP contribution < -0.4 is 15.6 Å². The van der Waals surface area contributed by atoms with Gasteiger partial charge in [0.25, 0.3) is 5.91 Å². The standard InChI is InChI=1S/C20H19ClN2O3/c1-12-10-18(24)23-17-11-14(6-9-16(12)17)22-19(25)20(2,3)26-15-7-4-13(21)5-8-15/h4-11H,1-3H3,(H,22,25)(H,23,24). The van der Waals surface area contributed by atoms with E-state index in [1.54, 1.807) is 56.3 Å². The largest absolute Gasteiger partial charge is 0.478 e. The maximum atomic E-state index is 12.6. The quantitative estimate of drug-likeness (QED) is 0.719. The first-order valence-corrected chi connectivity index (χ1v) is 8.52. The third-order valence-corrected chi connectivity index (χ3v) is 4.29. The van der Waals surface area contributed by atoms with E-state index in [-0.39, 0.29) is 11.5 Å². The highest BCUT2D eigenvalue weighted by Crippen LogP contribution is 2.23. The molecule has 0 aliphatic carbocycles. The lowest BCUT2D eigenvalue weighted by Crippen LogP contribution is -2.42. The molecule has 0 aliphatic heterocycles. The third kappa shape index (κ3) is 3.89. The predicted octanol–water partition coefficient (Wildman–Crippen LogP) is 4.29. The molecule has 0 saturated heterocycles. The van der Waals surface area contributed by atoms with Crippen LogP contribution in [0.3, 0.4) is 0 Å². The number of rotatable bonds is 4. The molecule has 0 fully saturated rings. The lowest BCUT2D eigenvalue weighted by molar-refractivity contribution is -0.128. The van der Waals surface area contributed by atoms with Crippen LogP contribution in [0.15, 0.2) is 53.3 Å². The maximum Gasteiger partial charge on any atom is 0.267 e. The first-order valence-electron chi connectivity index (χ1n) is 8.14. The number of pyridine rings is 1. The van der Waals surface area contributed by atoms with Crippen molar-refractivity contribution in [3.8, 4) is 5.75 Å². The number of halogens is 1. The molecular weight excluding hydrogens is 352 g/mol. The number of aromatic amines is 1. The molecule has 0 saturated carbocycles. The van der Waals surface area contributed by atoms with Gasteiger partial charge in [0.2, 0.25) is 5.56 Å². The Kier molecular flexibility index (Phi) is 4.74. The van der Waals surface area contributed by atoms with E-state index in [9.17, 15) is 9.59 Å². The van der Waals surface area contributed by atoms with Gasteiger partial charge in [-0.3, -0.25) is 9.59 Å². The van der Waals surface area contributed by atoms with Crippen molar-refractivity contribution in [1.29, 1.82) is 0 Å². The molecule has 0 aliphatic rings. The topological polar surface area (TPSA) is 71.2 Å². The molecule has 1 heterocycles. The van der Waals surface area contributed by atoms with Gasteiger partial charge in [-0.05, 0) is 62.7 Å². The van der Waals surface area contributed by atoms with Gasteiger partial charge in [-0.15, -0.1) is 0 Å². The fraction of sp³-hybridized carbons (Fsp3) is 0.200. The number of carbonyl (C=O) groups is 1. The van der Waals surface area contributed by atoms with E-state index in [0.717, 1.165) is 10.9 Å². The zero-order chi connectivity index (χ0) is 18.9. The van der Waals surface area contributed by atoms with E-state index in [1.807, 2.05) is 13.0 Å². The van der Waals surface area contributed by atoms with Gasteiger partial charge in [0.05, 0.1) is 5.52 Å². The molecule has 3 aromatic rings. The summed E-state index contributed by atoms with van der Waals surface area (Å²) >= 11 is 5.86. The normalized spacial score (nSPS) is 11.4. The molecule has 6 heteroatoms. The second-order valence-electron chi connectivity index (χ2n) is 6.60.